The molecule has 7 heteroatoms. The van der Waals surface area contributed by atoms with E-state index in [1.165, 1.54) is 0 Å². The SMILES string of the molecule is CCOCCN(CCOCC)C(=O)C(C)(C)C(N)=NO. The highest BCUT2D eigenvalue weighted by Crippen LogP contribution is 2.19. The minimum absolute atomic E-state index is 0.111. The van der Waals surface area contributed by atoms with Crippen LogP contribution in [-0.2, 0) is 14.3 Å². The Balaban J connectivity index is 4.76. The minimum Gasteiger partial charge on any atom is -0.409 e. The lowest BCUT2D eigenvalue weighted by atomic mass is 9.90. The van der Waals surface area contributed by atoms with E-state index in [-0.39, 0.29) is 11.7 Å². The molecule has 0 aromatic rings. The molecule has 0 saturated heterocycles. The van der Waals surface area contributed by atoms with Gasteiger partial charge in [-0.1, -0.05) is 5.16 Å². The van der Waals surface area contributed by atoms with E-state index in [0.29, 0.717) is 39.5 Å². The Morgan fingerprint density at radius 2 is 1.65 bits per heavy atom. The summed E-state index contributed by atoms with van der Waals surface area (Å²) >= 11 is 0. The Morgan fingerprint density at radius 1 is 1.20 bits per heavy atom. The Hall–Kier alpha value is -1.34. The lowest BCUT2D eigenvalue weighted by Crippen LogP contribution is -2.49. The Kier molecular flexibility index (Phi) is 8.91. The number of carbonyl (C=O) groups excluding carboxylic acids is 1. The first kappa shape index (κ1) is 18.7. The lowest BCUT2D eigenvalue weighted by molar-refractivity contribution is -0.138. The van der Waals surface area contributed by atoms with Crippen molar-refractivity contribution in [3.8, 4) is 0 Å². The van der Waals surface area contributed by atoms with Gasteiger partial charge >= 0.3 is 0 Å². The molecule has 0 aliphatic carbocycles. The molecule has 1 amide bonds. The first-order valence-electron chi connectivity index (χ1n) is 6.84. The fourth-order valence-electron chi connectivity index (χ4n) is 1.58. The van der Waals surface area contributed by atoms with Crippen molar-refractivity contribution >= 4 is 11.7 Å². The van der Waals surface area contributed by atoms with Crippen molar-refractivity contribution in [3.05, 3.63) is 0 Å². The smallest absolute Gasteiger partial charge is 0.236 e. The summed E-state index contributed by atoms with van der Waals surface area (Å²) in [6.45, 7) is 10.0. The number of rotatable bonds is 10. The van der Waals surface area contributed by atoms with Crippen LogP contribution in [0.15, 0.2) is 5.16 Å². The number of hydrogen-bond acceptors (Lipinski definition) is 5. The van der Waals surface area contributed by atoms with Gasteiger partial charge in [0, 0.05) is 26.3 Å². The van der Waals surface area contributed by atoms with Gasteiger partial charge in [0.25, 0.3) is 0 Å². The number of nitrogens with zero attached hydrogens (tertiary/aromatic N) is 2. The predicted octanol–water partition coefficient (Wildman–Crippen LogP) is 0.661. The van der Waals surface area contributed by atoms with Gasteiger partial charge in [-0.25, -0.2) is 0 Å². The van der Waals surface area contributed by atoms with Crippen molar-refractivity contribution in [2.24, 2.45) is 16.3 Å². The molecule has 0 heterocycles. The third kappa shape index (κ3) is 5.75. The molecular weight excluding hydrogens is 262 g/mol. The van der Waals surface area contributed by atoms with E-state index in [1.807, 2.05) is 13.8 Å². The standard InChI is InChI=1S/C13H27N3O4/c1-5-19-9-7-16(8-10-20-6-2)12(17)13(3,4)11(14)15-18/h18H,5-10H2,1-4H3,(H2,14,15). The molecular formula is C13H27N3O4. The maximum absolute atomic E-state index is 12.5. The lowest BCUT2D eigenvalue weighted by Gasteiger charge is -2.31. The predicted molar refractivity (Wildman–Crippen MR) is 76.8 cm³/mol. The van der Waals surface area contributed by atoms with E-state index in [9.17, 15) is 4.79 Å². The normalized spacial score (nSPS) is 12.5. The number of amides is 1. The molecule has 0 bridgehead atoms. The third-order valence-electron chi connectivity index (χ3n) is 2.99. The first-order valence-corrected chi connectivity index (χ1v) is 6.84. The van der Waals surface area contributed by atoms with Crippen LogP contribution in [0.25, 0.3) is 0 Å². The average Bonchev–Trinajstić information content (AvgIpc) is 2.44. The number of hydrogen-bond donors (Lipinski definition) is 2. The molecule has 118 valence electrons. The summed E-state index contributed by atoms with van der Waals surface area (Å²) in [5.41, 5.74) is 4.53. The first-order chi connectivity index (χ1) is 9.41. The number of nitrogens with two attached hydrogens (primary N) is 1. The minimum atomic E-state index is -1.06. The van der Waals surface area contributed by atoms with E-state index in [4.69, 9.17) is 20.4 Å². The molecule has 0 aromatic heterocycles. The van der Waals surface area contributed by atoms with Crippen LogP contribution in [-0.4, -0.2) is 61.4 Å². The van der Waals surface area contributed by atoms with Crippen molar-refractivity contribution in [3.63, 3.8) is 0 Å². The zero-order valence-electron chi connectivity index (χ0n) is 12.9. The summed E-state index contributed by atoms with van der Waals surface area (Å²) in [5.74, 6) is -0.326. The molecule has 0 rings (SSSR count). The number of carbonyl (C=O) groups is 1. The van der Waals surface area contributed by atoms with E-state index in [1.54, 1.807) is 18.7 Å². The van der Waals surface area contributed by atoms with Crippen LogP contribution < -0.4 is 5.73 Å². The summed E-state index contributed by atoms with van der Waals surface area (Å²) in [5, 5.41) is 11.7. The van der Waals surface area contributed by atoms with Gasteiger partial charge in [0.15, 0.2) is 5.84 Å². The van der Waals surface area contributed by atoms with Gasteiger partial charge in [-0.3, -0.25) is 4.79 Å². The van der Waals surface area contributed by atoms with Crippen LogP contribution in [0.2, 0.25) is 0 Å². The maximum atomic E-state index is 12.5. The molecule has 3 N–H and O–H groups in total. The molecule has 0 fully saturated rings. The van der Waals surface area contributed by atoms with Gasteiger partial charge in [0.2, 0.25) is 5.91 Å². The molecule has 0 atom stereocenters. The topological polar surface area (TPSA) is 97.4 Å². The van der Waals surface area contributed by atoms with Gasteiger partial charge in [0.1, 0.15) is 5.41 Å². The van der Waals surface area contributed by atoms with E-state index < -0.39 is 5.41 Å². The fraction of sp³-hybridized carbons (Fsp3) is 0.846. The number of oxime groups is 1. The maximum Gasteiger partial charge on any atom is 0.236 e. The monoisotopic (exact) mass is 289 g/mol. The summed E-state index contributed by atoms with van der Waals surface area (Å²) in [6, 6.07) is 0. The second kappa shape index (κ2) is 9.55. The van der Waals surface area contributed by atoms with Gasteiger partial charge in [-0.05, 0) is 27.7 Å². The Labute approximate surface area is 120 Å². The molecule has 0 aliphatic heterocycles. The summed E-state index contributed by atoms with van der Waals surface area (Å²) in [7, 11) is 0. The van der Waals surface area contributed by atoms with Crippen LogP contribution in [0.5, 0.6) is 0 Å². The van der Waals surface area contributed by atoms with Gasteiger partial charge in [-0.15, -0.1) is 0 Å². The molecule has 0 radical (unpaired) electrons. The highest BCUT2D eigenvalue weighted by Gasteiger charge is 2.36. The Bertz CT molecular complexity index is 309. The summed E-state index contributed by atoms with van der Waals surface area (Å²) in [4.78, 5) is 14.1. The van der Waals surface area contributed by atoms with Gasteiger partial charge < -0.3 is 25.3 Å². The largest absolute Gasteiger partial charge is 0.409 e. The van der Waals surface area contributed by atoms with Crippen LogP contribution in [0.1, 0.15) is 27.7 Å². The second-order valence-electron chi connectivity index (χ2n) is 4.80. The summed E-state index contributed by atoms with van der Waals surface area (Å²) in [6.07, 6.45) is 0. The van der Waals surface area contributed by atoms with Crippen molar-refractivity contribution in [1.82, 2.24) is 4.90 Å². The fourth-order valence-corrected chi connectivity index (χ4v) is 1.58. The van der Waals surface area contributed by atoms with Crippen molar-refractivity contribution in [1.29, 1.82) is 0 Å². The van der Waals surface area contributed by atoms with Crippen LogP contribution in [0.4, 0.5) is 0 Å². The molecule has 20 heavy (non-hydrogen) atoms. The average molecular weight is 289 g/mol. The third-order valence-corrected chi connectivity index (χ3v) is 2.99. The van der Waals surface area contributed by atoms with E-state index in [2.05, 4.69) is 5.16 Å². The van der Waals surface area contributed by atoms with Crippen LogP contribution in [0.3, 0.4) is 0 Å². The molecule has 0 saturated carbocycles. The molecule has 0 aromatic carbocycles. The second-order valence-corrected chi connectivity index (χ2v) is 4.80. The van der Waals surface area contributed by atoms with Crippen molar-refractivity contribution < 1.29 is 19.5 Å². The highest BCUT2D eigenvalue weighted by molar-refractivity contribution is 6.05. The van der Waals surface area contributed by atoms with Crippen LogP contribution >= 0.6 is 0 Å². The molecule has 0 spiro atoms. The zero-order chi connectivity index (χ0) is 15.6. The van der Waals surface area contributed by atoms with Gasteiger partial charge in [0.05, 0.1) is 13.2 Å². The van der Waals surface area contributed by atoms with E-state index in [0.717, 1.165) is 0 Å². The number of amidine groups is 1. The quantitative estimate of drug-likeness (QED) is 0.202. The highest BCUT2D eigenvalue weighted by atomic mass is 16.5. The van der Waals surface area contributed by atoms with E-state index >= 15 is 0 Å². The molecule has 0 unspecified atom stereocenters. The zero-order valence-corrected chi connectivity index (χ0v) is 12.9. The molecule has 0 aliphatic rings. The molecule has 7 nitrogen and oxygen atoms in total. The van der Waals surface area contributed by atoms with Crippen molar-refractivity contribution in [2.75, 3.05) is 39.5 Å². The van der Waals surface area contributed by atoms with Crippen LogP contribution in [0, 0.1) is 5.41 Å². The summed E-state index contributed by atoms with van der Waals surface area (Å²) < 4.78 is 10.5. The van der Waals surface area contributed by atoms with Gasteiger partial charge in [-0.2, -0.15) is 0 Å². The number of ether oxygens (including phenoxy) is 2. The van der Waals surface area contributed by atoms with Crippen molar-refractivity contribution in [2.45, 2.75) is 27.7 Å². The Morgan fingerprint density at radius 3 is 2.00 bits per heavy atom.